The maximum absolute atomic E-state index is 12.6. The molecule has 0 unspecified atom stereocenters. The topological polar surface area (TPSA) is 38.9 Å². The average Bonchev–Trinajstić information content (AvgIpc) is 1.86. The van der Waals surface area contributed by atoms with Gasteiger partial charge in [-0.05, 0) is 12.1 Å². The van der Waals surface area contributed by atoms with E-state index in [-0.39, 0.29) is 23.8 Å². The third-order valence-corrected chi connectivity index (χ3v) is 1.29. The number of hydrogen-bond acceptors (Lipinski definition) is 2. The summed E-state index contributed by atoms with van der Waals surface area (Å²) in [5.74, 6) is -2.72. The van der Waals surface area contributed by atoms with Crippen molar-refractivity contribution in [2.45, 2.75) is 12.8 Å². The summed E-state index contributed by atoms with van der Waals surface area (Å²) in [6.45, 7) is 0.821. The van der Waals surface area contributed by atoms with E-state index in [9.17, 15) is 8.78 Å². The SMILES string of the molecule is CC(F)(F)c1ccnc(N)c1.Cl. The molecule has 0 aliphatic carbocycles. The van der Waals surface area contributed by atoms with Crippen molar-refractivity contribution < 1.29 is 8.78 Å². The Morgan fingerprint density at radius 1 is 1.50 bits per heavy atom. The molecule has 1 aromatic rings. The van der Waals surface area contributed by atoms with Crippen LogP contribution in [0.4, 0.5) is 14.6 Å². The summed E-state index contributed by atoms with van der Waals surface area (Å²) in [5.41, 5.74) is 5.10. The minimum absolute atomic E-state index is 0. The van der Waals surface area contributed by atoms with Crippen LogP contribution in [0, 0.1) is 0 Å². The standard InChI is InChI=1S/C7H8F2N2.ClH/c1-7(8,9)5-2-3-11-6(10)4-5;/h2-4H,1H3,(H2,10,11);1H. The van der Waals surface area contributed by atoms with Crippen molar-refractivity contribution in [3.05, 3.63) is 23.9 Å². The first-order chi connectivity index (χ1) is 5.00. The number of anilines is 1. The van der Waals surface area contributed by atoms with Crippen LogP contribution in [-0.4, -0.2) is 4.98 Å². The molecule has 5 heteroatoms. The van der Waals surface area contributed by atoms with Crippen molar-refractivity contribution in [3.63, 3.8) is 0 Å². The van der Waals surface area contributed by atoms with Gasteiger partial charge in [-0.15, -0.1) is 12.4 Å². The second-order valence-corrected chi connectivity index (χ2v) is 2.36. The van der Waals surface area contributed by atoms with Crippen molar-refractivity contribution in [1.82, 2.24) is 4.98 Å². The Kier molecular flexibility index (Phi) is 3.39. The van der Waals surface area contributed by atoms with Crippen LogP contribution < -0.4 is 5.73 Å². The molecule has 0 spiro atoms. The van der Waals surface area contributed by atoms with Gasteiger partial charge in [-0.3, -0.25) is 0 Å². The van der Waals surface area contributed by atoms with Crippen LogP contribution in [-0.2, 0) is 5.92 Å². The van der Waals surface area contributed by atoms with Crippen molar-refractivity contribution in [2.75, 3.05) is 5.73 Å². The largest absolute Gasteiger partial charge is 0.384 e. The van der Waals surface area contributed by atoms with Crippen LogP contribution in [0.2, 0.25) is 0 Å². The van der Waals surface area contributed by atoms with E-state index < -0.39 is 5.92 Å². The predicted molar refractivity (Wildman–Crippen MR) is 45.5 cm³/mol. The normalized spacial score (nSPS) is 10.6. The first-order valence-corrected chi connectivity index (χ1v) is 3.10. The molecule has 2 nitrogen and oxygen atoms in total. The number of rotatable bonds is 1. The van der Waals surface area contributed by atoms with Gasteiger partial charge in [-0.2, -0.15) is 0 Å². The van der Waals surface area contributed by atoms with E-state index in [0.29, 0.717) is 0 Å². The summed E-state index contributed by atoms with van der Waals surface area (Å²) in [7, 11) is 0. The Hall–Kier alpha value is -0.900. The number of alkyl halides is 2. The second-order valence-electron chi connectivity index (χ2n) is 2.36. The highest BCUT2D eigenvalue weighted by Crippen LogP contribution is 2.26. The van der Waals surface area contributed by atoms with E-state index in [1.165, 1.54) is 18.3 Å². The number of halogens is 3. The third-order valence-electron chi connectivity index (χ3n) is 1.29. The van der Waals surface area contributed by atoms with Gasteiger partial charge in [0.15, 0.2) is 0 Å². The van der Waals surface area contributed by atoms with Crippen LogP contribution in [0.1, 0.15) is 12.5 Å². The number of nitrogen functional groups attached to an aromatic ring is 1. The molecule has 0 aromatic carbocycles. The zero-order valence-corrected chi connectivity index (χ0v) is 7.24. The molecule has 0 aliphatic rings. The maximum Gasteiger partial charge on any atom is 0.270 e. The van der Waals surface area contributed by atoms with Crippen molar-refractivity contribution in [1.29, 1.82) is 0 Å². The summed E-state index contributed by atoms with van der Waals surface area (Å²) in [4.78, 5) is 3.60. The zero-order valence-electron chi connectivity index (χ0n) is 6.42. The van der Waals surface area contributed by atoms with Gasteiger partial charge in [0.05, 0.1) is 0 Å². The molecule has 68 valence electrons. The highest BCUT2D eigenvalue weighted by atomic mass is 35.5. The molecule has 0 aliphatic heterocycles. The number of nitrogens with two attached hydrogens (primary N) is 1. The zero-order chi connectivity index (χ0) is 8.48. The fourth-order valence-corrected chi connectivity index (χ4v) is 0.721. The van der Waals surface area contributed by atoms with Crippen LogP contribution in [0.5, 0.6) is 0 Å². The highest BCUT2D eigenvalue weighted by molar-refractivity contribution is 5.85. The van der Waals surface area contributed by atoms with Gasteiger partial charge in [-0.25, -0.2) is 13.8 Å². The molecule has 0 radical (unpaired) electrons. The molecule has 0 saturated heterocycles. The lowest BCUT2D eigenvalue weighted by Gasteiger charge is -2.09. The molecule has 0 saturated carbocycles. The Morgan fingerprint density at radius 2 is 2.08 bits per heavy atom. The van der Waals surface area contributed by atoms with Crippen LogP contribution in [0.15, 0.2) is 18.3 Å². The Labute approximate surface area is 75.2 Å². The molecule has 0 atom stereocenters. The lowest BCUT2D eigenvalue weighted by molar-refractivity contribution is 0.0174. The van der Waals surface area contributed by atoms with Gasteiger partial charge in [0.1, 0.15) is 5.82 Å². The number of nitrogens with zero attached hydrogens (tertiary/aromatic N) is 1. The van der Waals surface area contributed by atoms with Gasteiger partial charge < -0.3 is 5.73 Å². The Bertz CT molecular complexity index is 260. The second kappa shape index (κ2) is 3.67. The number of pyridine rings is 1. The van der Waals surface area contributed by atoms with Crippen LogP contribution >= 0.6 is 12.4 Å². The Balaban J connectivity index is 0.00000121. The number of aromatic nitrogens is 1. The summed E-state index contributed by atoms with van der Waals surface area (Å²) < 4.78 is 25.1. The van der Waals surface area contributed by atoms with Crippen molar-refractivity contribution >= 4 is 18.2 Å². The Morgan fingerprint density at radius 3 is 2.42 bits per heavy atom. The van der Waals surface area contributed by atoms with Crippen LogP contribution in [0.25, 0.3) is 0 Å². The van der Waals surface area contributed by atoms with E-state index in [1.807, 2.05) is 0 Å². The van der Waals surface area contributed by atoms with Crippen LogP contribution in [0.3, 0.4) is 0 Å². The van der Waals surface area contributed by atoms with E-state index in [4.69, 9.17) is 5.73 Å². The highest BCUT2D eigenvalue weighted by Gasteiger charge is 2.23. The average molecular weight is 195 g/mol. The lowest BCUT2D eigenvalue weighted by Crippen LogP contribution is -2.07. The van der Waals surface area contributed by atoms with Gasteiger partial charge in [0.25, 0.3) is 5.92 Å². The summed E-state index contributed by atoms with van der Waals surface area (Å²) >= 11 is 0. The summed E-state index contributed by atoms with van der Waals surface area (Å²) in [5, 5.41) is 0. The maximum atomic E-state index is 12.6. The van der Waals surface area contributed by atoms with Crippen molar-refractivity contribution in [3.8, 4) is 0 Å². The van der Waals surface area contributed by atoms with E-state index in [1.54, 1.807) is 0 Å². The molecule has 0 bridgehead atoms. The van der Waals surface area contributed by atoms with E-state index in [0.717, 1.165) is 6.92 Å². The molecule has 1 heterocycles. The fourth-order valence-electron chi connectivity index (χ4n) is 0.721. The van der Waals surface area contributed by atoms with Gasteiger partial charge in [0, 0.05) is 18.7 Å². The first-order valence-electron chi connectivity index (χ1n) is 3.10. The summed E-state index contributed by atoms with van der Waals surface area (Å²) in [6, 6.07) is 2.41. The molecule has 1 rings (SSSR count). The third kappa shape index (κ3) is 2.62. The molecule has 1 aromatic heterocycles. The van der Waals surface area contributed by atoms with E-state index in [2.05, 4.69) is 4.98 Å². The monoisotopic (exact) mass is 194 g/mol. The first kappa shape index (κ1) is 11.1. The molecule has 0 amide bonds. The summed E-state index contributed by atoms with van der Waals surface area (Å²) in [6.07, 6.45) is 1.27. The minimum Gasteiger partial charge on any atom is -0.384 e. The minimum atomic E-state index is -2.84. The predicted octanol–water partition coefficient (Wildman–Crippen LogP) is 2.20. The molecular formula is C7H9ClF2N2. The molecule has 0 fully saturated rings. The molecule has 12 heavy (non-hydrogen) atoms. The van der Waals surface area contributed by atoms with Gasteiger partial charge in [-0.1, -0.05) is 0 Å². The molecular weight excluding hydrogens is 186 g/mol. The van der Waals surface area contributed by atoms with E-state index >= 15 is 0 Å². The smallest absolute Gasteiger partial charge is 0.270 e. The lowest BCUT2D eigenvalue weighted by atomic mass is 10.1. The van der Waals surface area contributed by atoms with Crippen molar-refractivity contribution in [2.24, 2.45) is 0 Å². The molecule has 2 N–H and O–H groups in total. The quantitative estimate of drug-likeness (QED) is 0.745. The number of hydrogen-bond donors (Lipinski definition) is 1. The fraction of sp³-hybridized carbons (Fsp3) is 0.286. The van der Waals surface area contributed by atoms with Gasteiger partial charge in [0.2, 0.25) is 0 Å². The van der Waals surface area contributed by atoms with Gasteiger partial charge >= 0.3 is 0 Å².